The maximum absolute atomic E-state index is 12.5. The average Bonchev–Trinajstić information content (AvgIpc) is 2.94. The number of hydrogen-bond acceptors (Lipinski definition) is 6. The van der Waals surface area contributed by atoms with Gasteiger partial charge in [-0.05, 0) is 42.8 Å². The molecule has 1 aliphatic heterocycles. The summed E-state index contributed by atoms with van der Waals surface area (Å²) in [5, 5.41) is 3.79. The van der Waals surface area contributed by atoms with Crippen LogP contribution in [0, 0.1) is 12.8 Å². The molecule has 1 aromatic heterocycles. The smallest absolute Gasteiger partial charge is 0.231 e. The number of fused-ring (bicyclic) bond motifs is 1. The van der Waals surface area contributed by atoms with Gasteiger partial charge in [-0.15, -0.1) is 0 Å². The number of thiazole rings is 1. The number of sulfonamides is 1. The Labute approximate surface area is 167 Å². The highest BCUT2D eigenvalue weighted by molar-refractivity contribution is 7.92. The van der Waals surface area contributed by atoms with E-state index in [2.05, 4.69) is 32.9 Å². The zero-order valence-corrected chi connectivity index (χ0v) is 17.1. The summed E-state index contributed by atoms with van der Waals surface area (Å²) in [4.78, 5) is 19.2. The summed E-state index contributed by atoms with van der Waals surface area (Å²) in [6.07, 6.45) is 1.09. The van der Waals surface area contributed by atoms with Crippen LogP contribution >= 0.6 is 11.3 Å². The predicted molar refractivity (Wildman–Crippen MR) is 114 cm³/mol. The minimum atomic E-state index is -3.36. The number of hydrogen-bond donors (Lipinski definition) is 2. The Morgan fingerprint density at radius 1 is 1.18 bits per heavy atom. The Kier molecular flexibility index (Phi) is 4.72. The molecule has 2 aromatic carbocycles. The van der Waals surface area contributed by atoms with Gasteiger partial charge in [-0.25, -0.2) is 13.4 Å². The molecule has 2 N–H and O–H groups in total. The Morgan fingerprint density at radius 2 is 1.93 bits per heavy atom. The molecule has 7 nitrogen and oxygen atoms in total. The molecule has 9 heteroatoms. The fourth-order valence-corrected chi connectivity index (χ4v) is 4.71. The summed E-state index contributed by atoms with van der Waals surface area (Å²) in [6.45, 7) is 3.29. The third-order valence-electron chi connectivity index (χ3n) is 4.49. The highest BCUT2D eigenvalue weighted by Crippen LogP contribution is 2.33. The van der Waals surface area contributed by atoms with Crippen LogP contribution in [-0.2, 0) is 14.8 Å². The summed E-state index contributed by atoms with van der Waals surface area (Å²) in [6, 6.07) is 12.9. The van der Waals surface area contributed by atoms with Crippen molar-refractivity contribution in [3.63, 3.8) is 0 Å². The van der Waals surface area contributed by atoms with Crippen LogP contribution in [0.5, 0.6) is 0 Å². The van der Waals surface area contributed by atoms with E-state index in [0.717, 1.165) is 21.6 Å². The molecule has 0 unspecified atom stereocenters. The Balaban J connectivity index is 1.38. The van der Waals surface area contributed by atoms with Crippen molar-refractivity contribution in [3.8, 4) is 0 Å². The largest absolute Gasteiger partial charge is 0.346 e. The second-order valence-corrected chi connectivity index (χ2v) is 9.77. The third kappa shape index (κ3) is 4.10. The lowest BCUT2D eigenvalue weighted by Gasteiger charge is -2.37. The number of nitrogens with zero attached hydrogens (tertiary/aromatic N) is 2. The first kappa shape index (κ1) is 18.7. The van der Waals surface area contributed by atoms with Crippen molar-refractivity contribution in [1.29, 1.82) is 0 Å². The number of benzene rings is 2. The molecule has 0 spiro atoms. The lowest BCUT2D eigenvalue weighted by Crippen LogP contribution is -2.52. The van der Waals surface area contributed by atoms with E-state index in [0.29, 0.717) is 24.5 Å². The van der Waals surface area contributed by atoms with Crippen molar-refractivity contribution < 1.29 is 13.2 Å². The highest BCUT2D eigenvalue weighted by Gasteiger charge is 2.34. The van der Waals surface area contributed by atoms with Gasteiger partial charge in [-0.3, -0.25) is 9.52 Å². The van der Waals surface area contributed by atoms with Crippen LogP contribution < -0.4 is 14.9 Å². The molecule has 1 amide bonds. The molecule has 2 heterocycles. The fraction of sp³-hybridized carbons (Fsp3) is 0.263. The van der Waals surface area contributed by atoms with Gasteiger partial charge in [0.15, 0.2) is 5.13 Å². The molecule has 1 fully saturated rings. The predicted octanol–water partition coefficient (Wildman–Crippen LogP) is 3.05. The number of aromatic nitrogens is 1. The van der Waals surface area contributed by atoms with Crippen molar-refractivity contribution in [2.45, 2.75) is 6.92 Å². The van der Waals surface area contributed by atoms with Gasteiger partial charge in [0.2, 0.25) is 15.9 Å². The Hall–Kier alpha value is -2.65. The lowest BCUT2D eigenvalue weighted by atomic mass is 10.00. The van der Waals surface area contributed by atoms with E-state index in [4.69, 9.17) is 0 Å². The quantitative estimate of drug-likeness (QED) is 0.667. The van der Waals surface area contributed by atoms with Gasteiger partial charge in [0, 0.05) is 18.8 Å². The molecule has 0 radical (unpaired) electrons. The molecule has 4 rings (SSSR count). The number of amides is 1. The minimum Gasteiger partial charge on any atom is -0.346 e. The number of aryl methyl sites for hydroxylation is 1. The first-order chi connectivity index (χ1) is 13.3. The van der Waals surface area contributed by atoms with E-state index in [9.17, 15) is 13.2 Å². The van der Waals surface area contributed by atoms with Gasteiger partial charge in [0.25, 0.3) is 0 Å². The van der Waals surface area contributed by atoms with Crippen molar-refractivity contribution in [2.75, 3.05) is 34.3 Å². The lowest BCUT2D eigenvalue weighted by molar-refractivity contribution is -0.120. The Bertz CT molecular complexity index is 1150. The van der Waals surface area contributed by atoms with Crippen molar-refractivity contribution in [3.05, 3.63) is 48.0 Å². The minimum absolute atomic E-state index is 0.0790. The molecule has 0 bridgehead atoms. The molecule has 1 saturated heterocycles. The van der Waals surface area contributed by atoms with Crippen LogP contribution in [0.2, 0.25) is 0 Å². The topological polar surface area (TPSA) is 91.4 Å². The first-order valence-electron chi connectivity index (χ1n) is 8.78. The zero-order chi connectivity index (χ0) is 19.9. The van der Waals surface area contributed by atoms with Crippen LogP contribution in [-0.4, -0.2) is 38.7 Å². The van der Waals surface area contributed by atoms with Gasteiger partial charge < -0.3 is 10.2 Å². The fourth-order valence-electron chi connectivity index (χ4n) is 3.07. The van der Waals surface area contributed by atoms with Gasteiger partial charge in [0.1, 0.15) is 0 Å². The zero-order valence-electron chi connectivity index (χ0n) is 15.5. The maximum atomic E-state index is 12.5. The number of anilines is 3. The second kappa shape index (κ2) is 7.06. The van der Waals surface area contributed by atoms with E-state index < -0.39 is 10.0 Å². The molecule has 146 valence electrons. The van der Waals surface area contributed by atoms with Crippen molar-refractivity contribution in [1.82, 2.24) is 4.98 Å². The summed E-state index contributed by atoms with van der Waals surface area (Å²) >= 11 is 1.64. The third-order valence-corrected chi connectivity index (χ3v) is 6.17. The molecule has 0 saturated carbocycles. The van der Waals surface area contributed by atoms with Crippen molar-refractivity contribution >= 4 is 54.0 Å². The molecular weight excluding hydrogens is 396 g/mol. The van der Waals surface area contributed by atoms with E-state index in [1.807, 2.05) is 12.1 Å². The molecule has 0 atom stereocenters. The number of carbonyl (C=O) groups excluding carboxylic acids is 1. The molecule has 3 aromatic rings. The number of carbonyl (C=O) groups is 1. The van der Waals surface area contributed by atoms with Crippen molar-refractivity contribution in [2.24, 2.45) is 5.92 Å². The normalized spacial score (nSPS) is 14.7. The molecule has 28 heavy (non-hydrogen) atoms. The summed E-state index contributed by atoms with van der Waals surface area (Å²) < 4.78 is 26.2. The Morgan fingerprint density at radius 3 is 2.68 bits per heavy atom. The summed E-state index contributed by atoms with van der Waals surface area (Å²) in [7, 11) is -3.36. The monoisotopic (exact) mass is 416 g/mol. The molecule has 1 aliphatic rings. The first-order valence-corrected chi connectivity index (χ1v) is 11.5. The highest BCUT2D eigenvalue weighted by atomic mass is 32.2. The van der Waals surface area contributed by atoms with Gasteiger partial charge in [-0.2, -0.15) is 0 Å². The van der Waals surface area contributed by atoms with Gasteiger partial charge in [0.05, 0.1) is 28.1 Å². The van der Waals surface area contributed by atoms with E-state index >= 15 is 0 Å². The van der Waals surface area contributed by atoms with Gasteiger partial charge in [-0.1, -0.05) is 23.5 Å². The van der Waals surface area contributed by atoms with Crippen LogP contribution in [0.4, 0.5) is 16.5 Å². The van der Waals surface area contributed by atoms with E-state index in [1.54, 1.807) is 35.6 Å². The van der Waals surface area contributed by atoms with E-state index in [-0.39, 0.29) is 11.8 Å². The molecular formula is C19H20N4O3S2. The van der Waals surface area contributed by atoms with E-state index in [1.165, 1.54) is 5.56 Å². The number of nitrogens with one attached hydrogen (secondary N) is 2. The van der Waals surface area contributed by atoms with Crippen LogP contribution in [0.3, 0.4) is 0 Å². The second-order valence-electron chi connectivity index (χ2n) is 7.01. The average molecular weight is 417 g/mol. The maximum Gasteiger partial charge on any atom is 0.231 e. The molecule has 0 aliphatic carbocycles. The summed E-state index contributed by atoms with van der Waals surface area (Å²) in [5.41, 5.74) is 3.16. The van der Waals surface area contributed by atoms with Crippen LogP contribution in [0.1, 0.15) is 5.56 Å². The summed E-state index contributed by atoms with van der Waals surface area (Å²) in [5.74, 6) is -0.204. The SMILES string of the molecule is Cc1ccc2nc(N3CC(C(=O)Nc4cccc(NS(C)(=O)=O)c4)C3)sc2c1. The standard InChI is InChI=1S/C19H20N4O3S2/c1-12-6-7-16-17(8-12)27-19(21-16)23-10-13(11-23)18(24)20-14-4-3-5-15(9-14)22-28(2,25)26/h3-9,13,22H,10-11H2,1-2H3,(H,20,24). The van der Waals surface area contributed by atoms with Gasteiger partial charge >= 0.3 is 0 Å². The number of rotatable bonds is 5. The van der Waals surface area contributed by atoms with Crippen LogP contribution in [0.25, 0.3) is 10.2 Å². The van der Waals surface area contributed by atoms with Crippen LogP contribution in [0.15, 0.2) is 42.5 Å².